The summed E-state index contributed by atoms with van der Waals surface area (Å²) in [7, 11) is 0. The van der Waals surface area contributed by atoms with E-state index in [1.165, 1.54) is 18.3 Å². The molecule has 0 aliphatic rings. The fourth-order valence-corrected chi connectivity index (χ4v) is 2.00. The van der Waals surface area contributed by atoms with E-state index in [9.17, 15) is 18.0 Å². The van der Waals surface area contributed by atoms with Crippen molar-refractivity contribution in [3.05, 3.63) is 71.3 Å². The Morgan fingerprint density at radius 1 is 1.15 bits per heavy atom. The molecule has 2 rings (SSSR count). The first-order valence-electron chi connectivity index (χ1n) is 7.70. The highest BCUT2D eigenvalue weighted by molar-refractivity contribution is 5.86. The van der Waals surface area contributed by atoms with Gasteiger partial charge in [-0.3, -0.25) is 4.79 Å². The van der Waals surface area contributed by atoms with Gasteiger partial charge < -0.3 is 4.74 Å². The second-order valence-electron chi connectivity index (χ2n) is 5.41. The molecule has 0 fully saturated rings. The zero-order chi connectivity index (χ0) is 19.0. The summed E-state index contributed by atoms with van der Waals surface area (Å²) in [5.41, 5.74) is 3.23. The van der Waals surface area contributed by atoms with E-state index in [-0.39, 0.29) is 5.75 Å². The summed E-state index contributed by atoms with van der Waals surface area (Å²) >= 11 is 0. The van der Waals surface area contributed by atoms with Gasteiger partial charge in [0.05, 0.1) is 11.8 Å². The van der Waals surface area contributed by atoms with Gasteiger partial charge in [-0.2, -0.15) is 18.3 Å². The van der Waals surface area contributed by atoms with Crippen LogP contribution in [0.4, 0.5) is 13.2 Å². The largest absolute Gasteiger partial charge is 0.484 e. The van der Waals surface area contributed by atoms with Gasteiger partial charge in [-0.25, -0.2) is 5.43 Å². The highest BCUT2D eigenvalue weighted by Crippen LogP contribution is 2.31. The fourth-order valence-electron chi connectivity index (χ4n) is 2.00. The zero-order valence-electron chi connectivity index (χ0n) is 14.0. The first kappa shape index (κ1) is 19.2. The molecule has 136 valence electrons. The van der Waals surface area contributed by atoms with Crippen LogP contribution in [0, 0.1) is 0 Å². The number of benzene rings is 2. The summed E-state index contributed by atoms with van der Waals surface area (Å²) in [6.45, 7) is 1.38. The molecule has 0 saturated carbocycles. The van der Waals surface area contributed by atoms with Gasteiger partial charge in [-0.05, 0) is 36.3 Å². The number of alkyl halides is 3. The molecular formula is C19H17F3N2O2. The van der Waals surface area contributed by atoms with Crippen LogP contribution >= 0.6 is 0 Å². The number of halogens is 3. The summed E-state index contributed by atoms with van der Waals surface area (Å²) in [5, 5.41) is 3.78. The van der Waals surface area contributed by atoms with Crippen LogP contribution in [0.15, 0.2) is 65.3 Å². The Morgan fingerprint density at radius 3 is 2.58 bits per heavy atom. The number of nitrogens with zero attached hydrogens (tertiary/aromatic N) is 1. The van der Waals surface area contributed by atoms with E-state index in [2.05, 4.69) is 10.5 Å². The van der Waals surface area contributed by atoms with E-state index in [0.29, 0.717) is 0 Å². The third-order valence-corrected chi connectivity index (χ3v) is 3.18. The van der Waals surface area contributed by atoms with Crippen LogP contribution in [0.2, 0.25) is 0 Å². The van der Waals surface area contributed by atoms with Crippen LogP contribution in [0.1, 0.15) is 18.1 Å². The molecule has 0 heterocycles. The van der Waals surface area contributed by atoms with E-state index in [1.54, 1.807) is 0 Å². The maximum Gasteiger partial charge on any atom is 0.416 e. The van der Waals surface area contributed by atoms with Gasteiger partial charge in [0.2, 0.25) is 0 Å². The van der Waals surface area contributed by atoms with Gasteiger partial charge in [0, 0.05) is 0 Å². The second-order valence-corrected chi connectivity index (χ2v) is 5.41. The zero-order valence-corrected chi connectivity index (χ0v) is 14.0. The molecule has 7 heteroatoms. The van der Waals surface area contributed by atoms with Crippen molar-refractivity contribution in [3.8, 4) is 5.75 Å². The summed E-state index contributed by atoms with van der Waals surface area (Å²) in [6.07, 6.45) is -1.11. The Hall–Kier alpha value is -3.09. The first-order chi connectivity index (χ1) is 12.3. The lowest BCUT2D eigenvalue weighted by atomic mass is 10.1. The molecule has 2 aromatic rings. The number of hydrogen-bond donors (Lipinski definition) is 1. The van der Waals surface area contributed by atoms with E-state index in [0.717, 1.165) is 23.3 Å². The summed E-state index contributed by atoms with van der Waals surface area (Å²) in [5.74, 6) is -0.620. The number of hydrogen-bond acceptors (Lipinski definition) is 3. The minimum Gasteiger partial charge on any atom is -0.484 e. The normalized spacial score (nSPS) is 12.2. The maximum atomic E-state index is 12.6. The molecule has 1 amide bonds. The molecule has 26 heavy (non-hydrogen) atoms. The number of allylic oxidation sites excluding steroid dienone is 1. The van der Waals surface area contributed by atoms with Crippen LogP contribution < -0.4 is 10.2 Å². The van der Waals surface area contributed by atoms with Gasteiger partial charge in [0.15, 0.2) is 6.61 Å². The lowest BCUT2D eigenvalue weighted by Crippen LogP contribution is -2.24. The van der Waals surface area contributed by atoms with Gasteiger partial charge >= 0.3 is 6.18 Å². The average molecular weight is 362 g/mol. The van der Waals surface area contributed by atoms with E-state index in [4.69, 9.17) is 4.74 Å². The van der Waals surface area contributed by atoms with Crippen molar-refractivity contribution in [2.75, 3.05) is 6.61 Å². The molecule has 0 aliphatic heterocycles. The minimum atomic E-state index is -4.46. The van der Waals surface area contributed by atoms with Crippen LogP contribution in [-0.4, -0.2) is 18.7 Å². The summed E-state index contributed by atoms with van der Waals surface area (Å²) in [4.78, 5) is 11.6. The van der Waals surface area contributed by atoms with E-state index >= 15 is 0 Å². The van der Waals surface area contributed by atoms with Crippen LogP contribution in [-0.2, 0) is 11.0 Å². The van der Waals surface area contributed by atoms with Crippen molar-refractivity contribution < 1.29 is 22.7 Å². The second kappa shape index (κ2) is 8.84. The lowest BCUT2D eigenvalue weighted by molar-refractivity contribution is -0.137. The first-order valence-corrected chi connectivity index (χ1v) is 7.70. The molecule has 0 bridgehead atoms. The number of nitrogens with one attached hydrogen (secondary N) is 1. The molecule has 0 radical (unpaired) electrons. The average Bonchev–Trinajstić information content (AvgIpc) is 2.60. The number of ether oxygens (including phenoxy) is 1. The Kier molecular flexibility index (Phi) is 6.54. The number of carbonyl (C=O) groups excluding carboxylic acids is 1. The standard InChI is InChI=1S/C19H17F3N2O2/c1-14(10-15-6-3-2-4-7-15)12-23-24-18(25)13-26-17-9-5-8-16(11-17)19(20,21)22/h2-12H,13H2,1H3,(H,24,25)/b14-10-,23-12+. The van der Waals surface area contributed by atoms with Crippen LogP contribution in [0.3, 0.4) is 0 Å². The predicted octanol–water partition coefficient (Wildman–Crippen LogP) is 4.29. The molecule has 0 atom stereocenters. The molecule has 0 unspecified atom stereocenters. The fraction of sp³-hybridized carbons (Fsp3) is 0.158. The minimum absolute atomic E-state index is 0.0425. The molecule has 0 aliphatic carbocycles. The summed E-state index contributed by atoms with van der Waals surface area (Å²) < 4.78 is 42.9. The highest BCUT2D eigenvalue weighted by Gasteiger charge is 2.30. The van der Waals surface area contributed by atoms with Crippen molar-refractivity contribution in [3.63, 3.8) is 0 Å². The molecule has 1 N–H and O–H groups in total. The van der Waals surface area contributed by atoms with Crippen molar-refractivity contribution in [1.82, 2.24) is 5.43 Å². The third kappa shape index (κ3) is 6.43. The maximum absolute atomic E-state index is 12.6. The SMILES string of the molecule is CC(=C/c1ccccc1)/C=N/NC(=O)COc1cccc(C(F)(F)F)c1. The Balaban J connectivity index is 1.83. The molecule has 2 aromatic carbocycles. The molecule has 0 saturated heterocycles. The smallest absolute Gasteiger partial charge is 0.416 e. The number of amides is 1. The van der Waals surface area contributed by atoms with Crippen molar-refractivity contribution in [2.24, 2.45) is 5.10 Å². The summed E-state index contributed by atoms with van der Waals surface area (Å²) in [6, 6.07) is 13.9. The lowest BCUT2D eigenvalue weighted by Gasteiger charge is -2.09. The topological polar surface area (TPSA) is 50.7 Å². The number of carbonyl (C=O) groups is 1. The van der Waals surface area contributed by atoms with Crippen molar-refractivity contribution in [1.29, 1.82) is 0 Å². The number of hydrazone groups is 1. The van der Waals surface area contributed by atoms with Gasteiger partial charge in [0.25, 0.3) is 5.91 Å². The predicted molar refractivity (Wildman–Crippen MR) is 93.7 cm³/mol. The molecule has 4 nitrogen and oxygen atoms in total. The Bertz CT molecular complexity index is 800. The molecule has 0 spiro atoms. The van der Waals surface area contributed by atoms with Gasteiger partial charge in [-0.1, -0.05) is 42.5 Å². The monoisotopic (exact) mass is 362 g/mol. The quantitative estimate of drug-likeness (QED) is 0.616. The Labute approximate surface area is 149 Å². The van der Waals surface area contributed by atoms with Crippen LogP contribution in [0.25, 0.3) is 6.08 Å². The highest BCUT2D eigenvalue weighted by atomic mass is 19.4. The molecular weight excluding hydrogens is 345 g/mol. The Morgan fingerprint density at radius 2 is 1.88 bits per heavy atom. The van der Waals surface area contributed by atoms with Gasteiger partial charge in [-0.15, -0.1) is 0 Å². The number of rotatable bonds is 6. The van der Waals surface area contributed by atoms with E-state index in [1.807, 2.05) is 43.3 Å². The third-order valence-electron chi connectivity index (χ3n) is 3.18. The van der Waals surface area contributed by atoms with E-state index < -0.39 is 24.3 Å². The van der Waals surface area contributed by atoms with Crippen molar-refractivity contribution >= 4 is 18.2 Å². The van der Waals surface area contributed by atoms with Crippen molar-refractivity contribution in [2.45, 2.75) is 13.1 Å². The van der Waals surface area contributed by atoms with Crippen LogP contribution in [0.5, 0.6) is 5.75 Å². The molecule has 0 aromatic heterocycles. The van der Waals surface area contributed by atoms with Gasteiger partial charge in [0.1, 0.15) is 5.75 Å².